The first-order valence-electron chi connectivity index (χ1n) is 11.7. The van der Waals surface area contributed by atoms with E-state index >= 15 is 0 Å². The number of fused-ring (bicyclic) bond motifs is 1. The van der Waals surface area contributed by atoms with Crippen LogP contribution in [0.25, 0.3) is 16.9 Å². The Bertz CT molecular complexity index is 1520. The van der Waals surface area contributed by atoms with E-state index in [2.05, 4.69) is 10.3 Å². The largest absolute Gasteiger partial charge is 0.390 e. The molecule has 1 fully saturated rings. The van der Waals surface area contributed by atoms with Gasteiger partial charge in [0.05, 0.1) is 29.7 Å². The molecule has 0 atom stereocenters. The smallest absolute Gasteiger partial charge is 0.382 e. The standard InChI is InChI=1S/C26H23F4N5OS2/c1-15-11-16(5-6-19(15)23(31)36)21-14-33-24-20(32-8-7-25(28,29)30)13-22(34-35(21)24)26(37-9-10-38-26)17-3-2-4-18(27)12-17/h2-6,11-14,32H,7-10H2,1H3,(H2,31,36). The van der Waals surface area contributed by atoms with Gasteiger partial charge in [-0.2, -0.15) is 18.3 Å². The maximum absolute atomic E-state index is 14.3. The molecule has 0 saturated carbocycles. The van der Waals surface area contributed by atoms with Crippen LogP contribution in [0.5, 0.6) is 0 Å². The number of amides is 1. The van der Waals surface area contributed by atoms with Crippen LogP contribution in [0.2, 0.25) is 0 Å². The lowest BCUT2D eigenvalue weighted by molar-refractivity contribution is -0.131. The fraction of sp³-hybridized carbons (Fsp3) is 0.269. The van der Waals surface area contributed by atoms with E-state index < -0.39 is 22.6 Å². The van der Waals surface area contributed by atoms with Crippen molar-refractivity contribution in [3.05, 3.63) is 82.9 Å². The highest BCUT2D eigenvalue weighted by atomic mass is 32.2. The van der Waals surface area contributed by atoms with Gasteiger partial charge in [-0.15, -0.1) is 23.5 Å². The third kappa shape index (κ3) is 5.06. The Kier molecular flexibility index (Phi) is 7.03. The average molecular weight is 562 g/mol. The number of benzene rings is 2. The molecule has 6 nitrogen and oxygen atoms in total. The van der Waals surface area contributed by atoms with Gasteiger partial charge in [0, 0.05) is 29.2 Å². The number of halogens is 4. The number of anilines is 1. The Labute approximate surface area is 224 Å². The third-order valence-corrected chi connectivity index (χ3v) is 9.70. The van der Waals surface area contributed by atoms with Crippen molar-refractivity contribution in [2.75, 3.05) is 23.4 Å². The zero-order valence-corrected chi connectivity index (χ0v) is 21.8. The number of rotatable bonds is 7. The normalized spacial score (nSPS) is 15.2. The number of imidazole rings is 1. The van der Waals surface area contributed by atoms with E-state index in [0.717, 1.165) is 11.5 Å². The maximum Gasteiger partial charge on any atom is 0.390 e. The van der Waals surface area contributed by atoms with Crippen molar-refractivity contribution in [3.63, 3.8) is 0 Å². The summed E-state index contributed by atoms with van der Waals surface area (Å²) in [6.07, 6.45) is -3.75. The summed E-state index contributed by atoms with van der Waals surface area (Å²) in [5, 5.41) is 7.80. The van der Waals surface area contributed by atoms with Crippen molar-refractivity contribution in [1.82, 2.24) is 14.6 Å². The number of nitrogens with zero attached hydrogens (tertiary/aromatic N) is 3. The summed E-state index contributed by atoms with van der Waals surface area (Å²) in [4.78, 5) is 16.2. The first-order valence-corrected chi connectivity index (χ1v) is 13.7. The summed E-state index contributed by atoms with van der Waals surface area (Å²) in [6, 6.07) is 13.1. The first-order chi connectivity index (χ1) is 18.1. The van der Waals surface area contributed by atoms with Gasteiger partial charge >= 0.3 is 6.18 Å². The molecule has 1 saturated heterocycles. The molecule has 5 rings (SSSR count). The van der Waals surface area contributed by atoms with Crippen molar-refractivity contribution >= 4 is 40.8 Å². The molecular weight excluding hydrogens is 538 g/mol. The number of nitrogens with two attached hydrogens (primary N) is 1. The second-order valence-electron chi connectivity index (χ2n) is 8.83. The summed E-state index contributed by atoms with van der Waals surface area (Å²) >= 11 is 3.21. The van der Waals surface area contributed by atoms with Crippen molar-refractivity contribution in [2.45, 2.75) is 23.6 Å². The SMILES string of the molecule is Cc1cc(-c2cnc3c(NCCC(F)(F)F)cc(C4(c5cccc(F)c5)SCCS4)nn23)ccc1C(N)=O. The first kappa shape index (κ1) is 26.4. The predicted molar refractivity (Wildman–Crippen MR) is 143 cm³/mol. The number of alkyl halides is 3. The molecule has 0 bridgehead atoms. The molecule has 0 radical (unpaired) electrons. The van der Waals surface area contributed by atoms with E-state index in [-0.39, 0.29) is 12.4 Å². The second kappa shape index (κ2) is 10.1. The number of hydrogen-bond acceptors (Lipinski definition) is 6. The number of primary amides is 1. The summed E-state index contributed by atoms with van der Waals surface area (Å²) in [5.41, 5.74) is 9.80. The lowest BCUT2D eigenvalue weighted by Crippen LogP contribution is -2.21. The summed E-state index contributed by atoms with van der Waals surface area (Å²) in [5.74, 6) is 0.661. The molecule has 0 unspecified atom stereocenters. The van der Waals surface area contributed by atoms with Crippen LogP contribution in [0.15, 0.2) is 54.7 Å². The fourth-order valence-electron chi connectivity index (χ4n) is 4.46. The molecule has 2 aromatic heterocycles. The van der Waals surface area contributed by atoms with Crippen molar-refractivity contribution in [2.24, 2.45) is 5.73 Å². The van der Waals surface area contributed by atoms with E-state index in [0.29, 0.717) is 45.0 Å². The Hall–Kier alpha value is -3.25. The van der Waals surface area contributed by atoms with E-state index in [1.54, 1.807) is 71.5 Å². The van der Waals surface area contributed by atoms with Gasteiger partial charge in [0.1, 0.15) is 9.90 Å². The topological polar surface area (TPSA) is 85.3 Å². The van der Waals surface area contributed by atoms with Crippen molar-refractivity contribution in [1.29, 1.82) is 0 Å². The molecule has 1 aliphatic heterocycles. The molecule has 198 valence electrons. The Morgan fingerprint density at radius 3 is 2.58 bits per heavy atom. The lowest BCUT2D eigenvalue weighted by atomic mass is 10.0. The molecule has 4 aromatic rings. The number of carbonyl (C=O) groups excluding carboxylic acids is 1. The minimum absolute atomic E-state index is 0.343. The maximum atomic E-state index is 14.3. The molecule has 2 aromatic carbocycles. The van der Waals surface area contributed by atoms with Crippen molar-refractivity contribution in [3.8, 4) is 11.3 Å². The predicted octanol–water partition coefficient (Wildman–Crippen LogP) is 5.99. The highest BCUT2D eigenvalue weighted by molar-refractivity contribution is 8.20. The van der Waals surface area contributed by atoms with Gasteiger partial charge in [-0.05, 0) is 48.4 Å². The number of carbonyl (C=O) groups is 1. The van der Waals surface area contributed by atoms with E-state index in [1.807, 2.05) is 6.07 Å². The minimum atomic E-state index is -4.32. The van der Waals surface area contributed by atoms with Gasteiger partial charge < -0.3 is 11.1 Å². The molecule has 38 heavy (non-hydrogen) atoms. The van der Waals surface area contributed by atoms with Gasteiger partial charge in [-0.3, -0.25) is 4.79 Å². The minimum Gasteiger partial charge on any atom is -0.382 e. The molecule has 0 aliphatic carbocycles. The van der Waals surface area contributed by atoms with Gasteiger partial charge in [0.15, 0.2) is 5.65 Å². The van der Waals surface area contributed by atoms with Gasteiger partial charge in [-0.1, -0.05) is 18.2 Å². The molecule has 1 amide bonds. The molecule has 12 heteroatoms. The van der Waals surface area contributed by atoms with Crippen LogP contribution in [0.1, 0.15) is 33.6 Å². The summed E-state index contributed by atoms with van der Waals surface area (Å²) in [6.45, 7) is 1.42. The molecule has 0 spiro atoms. The number of hydrogen-bond donors (Lipinski definition) is 2. The highest BCUT2D eigenvalue weighted by Crippen LogP contribution is 2.56. The highest BCUT2D eigenvalue weighted by Gasteiger charge is 2.42. The van der Waals surface area contributed by atoms with E-state index in [1.165, 1.54) is 12.1 Å². The lowest BCUT2D eigenvalue weighted by Gasteiger charge is -2.28. The second-order valence-corrected chi connectivity index (χ2v) is 11.7. The summed E-state index contributed by atoms with van der Waals surface area (Å²) in [7, 11) is 0. The van der Waals surface area contributed by atoms with E-state index in [9.17, 15) is 22.4 Å². The quantitative estimate of drug-likeness (QED) is 0.270. The van der Waals surface area contributed by atoms with Crippen LogP contribution >= 0.6 is 23.5 Å². The molecule has 3 N–H and O–H groups in total. The Balaban J connectivity index is 1.68. The monoisotopic (exact) mass is 561 g/mol. The van der Waals surface area contributed by atoms with Crippen LogP contribution in [0, 0.1) is 12.7 Å². The molecular formula is C26H23F4N5OS2. The van der Waals surface area contributed by atoms with Gasteiger partial charge in [-0.25, -0.2) is 13.9 Å². The van der Waals surface area contributed by atoms with Gasteiger partial charge in [0.2, 0.25) is 5.91 Å². The summed E-state index contributed by atoms with van der Waals surface area (Å²) < 4.78 is 53.9. The molecule has 3 heterocycles. The number of aromatic nitrogens is 3. The molecule has 1 aliphatic rings. The number of aryl methyl sites for hydroxylation is 1. The number of thioether (sulfide) groups is 2. The zero-order valence-electron chi connectivity index (χ0n) is 20.2. The van der Waals surface area contributed by atoms with Crippen LogP contribution < -0.4 is 11.1 Å². The van der Waals surface area contributed by atoms with Crippen LogP contribution in [0.4, 0.5) is 23.2 Å². The average Bonchev–Trinajstić information content (AvgIpc) is 3.51. The Morgan fingerprint density at radius 1 is 1.16 bits per heavy atom. The zero-order chi connectivity index (χ0) is 27.1. The third-order valence-electron chi connectivity index (χ3n) is 6.22. The van der Waals surface area contributed by atoms with Crippen LogP contribution in [-0.2, 0) is 4.08 Å². The van der Waals surface area contributed by atoms with E-state index in [4.69, 9.17) is 10.8 Å². The fourth-order valence-corrected chi connectivity index (χ4v) is 7.62. The Morgan fingerprint density at radius 2 is 1.92 bits per heavy atom. The number of nitrogens with one attached hydrogen (secondary N) is 1. The van der Waals surface area contributed by atoms with Crippen molar-refractivity contribution < 1.29 is 22.4 Å². The van der Waals surface area contributed by atoms with Gasteiger partial charge in [0.25, 0.3) is 0 Å². The van der Waals surface area contributed by atoms with Crippen LogP contribution in [-0.4, -0.2) is 44.7 Å². The van der Waals surface area contributed by atoms with Crippen LogP contribution in [0.3, 0.4) is 0 Å².